The first-order valence-corrected chi connectivity index (χ1v) is 8.27. The Morgan fingerprint density at radius 2 is 1.65 bits per heavy atom. The highest BCUT2D eigenvalue weighted by Crippen LogP contribution is 2.30. The van der Waals surface area contributed by atoms with E-state index in [1.165, 1.54) is 12.8 Å². The van der Waals surface area contributed by atoms with Gasteiger partial charge in [-0.3, -0.25) is 9.59 Å². The van der Waals surface area contributed by atoms with Gasteiger partial charge in [0.05, 0.1) is 0 Å². The van der Waals surface area contributed by atoms with E-state index in [9.17, 15) is 9.59 Å². The summed E-state index contributed by atoms with van der Waals surface area (Å²) in [6, 6.07) is 0.228. The molecule has 0 radical (unpaired) electrons. The average Bonchev–Trinajstić information content (AvgIpc) is 2.60. The zero-order valence-electron chi connectivity index (χ0n) is 12.5. The van der Waals surface area contributed by atoms with Crippen LogP contribution in [-0.2, 0) is 9.59 Å². The van der Waals surface area contributed by atoms with E-state index in [2.05, 4.69) is 11.8 Å². The van der Waals surface area contributed by atoms with Crippen molar-refractivity contribution >= 4 is 11.8 Å². The van der Waals surface area contributed by atoms with E-state index in [0.29, 0.717) is 19.0 Å². The molecule has 3 fully saturated rings. The smallest absolute Gasteiger partial charge is 0.245 e. The van der Waals surface area contributed by atoms with E-state index in [4.69, 9.17) is 0 Å². The van der Waals surface area contributed by atoms with Crippen LogP contribution >= 0.6 is 0 Å². The predicted molar refractivity (Wildman–Crippen MR) is 77.1 cm³/mol. The molecule has 2 aliphatic heterocycles. The topological polar surface area (TPSA) is 40.6 Å². The minimum absolute atomic E-state index is 0.155. The molecule has 20 heavy (non-hydrogen) atoms. The second-order valence-electron chi connectivity index (χ2n) is 6.79. The number of fused-ring (bicyclic) bond motifs is 1. The third-order valence-corrected chi connectivity index (χ3v) is 5.38. The summed E-state index contributed by atoms with van der Waals surface area (Å²) in [5.41, 5.74) is 0. The Morgan fingerprint density at radius 3 is 2.40 bits per heavy atom. The number of carbonyl (C=O) groups is 2. The number of rotatable bonds is 1. The molecule has 0 aromatic heterocycles. The van der Waals surface area contributed by atoms with Gasteiger partial charge in [-0.2, -0.15) is 0 Å². The molecule has 1 aliphatic carbocycles. The summed E-state index contributed by atoms with van der Waals surface area (Å²) >= 11 is 0. The summed E-state index contributed by atoms with van der Waals surface area (Å²) in [5.74, 6) is 1.21. The van der Waals surface area contributed by atoms with Crippen LogP contribution in [0.15, 0.2) is 0 Å². The van der Waals surface area contributed by atoms with Crippen molar-refractivity contribution < 1.29 is 9.59 Å². The summed E-state index contributed by atoms with van der Waals surface area (Å²) in [5, 5.41) is 0. The summed E-state index contributed by atoms with van der Waals surface area (Å²) < 4.78 is 0. The van der Waals surface area contributed by atoms with Gasteiger partial charge in [-0.05, 0) is 50.9 Å². The highest BCUT2D eigenvalue weighted by atomic mass is 16.2. The molecule has 0 N–H and O–H groups in total. The molecule has 3 aliphatic rings. The van der Waals surface area contributed by atoms with Gasteiger partial charge in [-0.25, -0.2) is 0 Å². The Morgan fingerprint density at radius 1 is 0.900 bits per heavy atom. The van der Waals surface area contributed by atoms with Gasteiger partial charge in [-0.15, -0.1) is 0 Å². The Bertz CT molecular complexity index is 388. The van der Waals surface area contributed by atoms with Gasteiger partial charge in [-0.1, -0.05) is 6.92 Å². The van der Waals surface area contributed by atoms with Crippen LogP contribution in [0.4, 0.5) is 0 Å². The molecule has 1 unspecified atom stereocenters. The Hall–Kier alpha value is -1.06. The van der Waals surface area contributed by atoms with Crippen LogP contribution < -0.4 is 0 Å². The molecule has 2 amide bonds. The predicted octanol–water partition coefficient (Wildman–Crippen LogP) is 2.18. The fourth-order valence-corrected chi connectivity index (χ4v) is 4.06. The van der Waals surface area contributed by atoms with E-state index in [-0.39, 0.29) is 17.9 Å². The third-order valence-electron chi connectivity index (χ3n) is 5.38. The van der Waals surface area contributed by atoms with Gasteiger partial charge >= 0.3 is 0 Å². The monoisotopic (exact) mass is 278 g/mol. The van der Waals surface area contributed by atoms with E-state index in [0.717, 1.165) is 44.6 Å². The van der Waals surface area contributed by atoms with E-state index in [1.807, 2.05) is 4.90 Å². The van der Waals surface area contributed by atoms with Crippen LogP contribution in [0.2, 0.25) is 0 Å². The summed E-state index contributed by atoms with van der Waals surface area (Å²) in [4.78, 5) is 29.0. The standard InChI is InChI=1S/C16H26N2O2/c1-12-5-7-13(8-6-12)17-11-9-15(19)18-10-3-2-4-14(18)16(17)20/h12-14H,2-11H2,1H3. The lowest BCUT2D eigenvalue weighted by Crippen LogP contribution is -2.52. The Labute approximate surface area is 121 Å². The van der Waals surface area contributed by atoms with Crippen molar-refractivity contribution in [3.8, 4) is 0 Å². The molecule has 1 saturated carbocycles. The lowest BCUT2D eigenvalue weighted by molar-refractivity contribution is -0.144. The van der Waals surface area contributed by atoms with Crippen LogP contribution in [0.3, 0.4) is 0 Å². The van der Waals surface area contributed by atoms with Crippen LogP contribution in [0.5, 0.6) is 0 Å². The summed E-state index contributed by atoms with van der Waals surface area (Å²) in [6.07, 6.45) is 8.19. The molecule has 4 heteroatoms. The van der Waals surface area contributed by atoms with Gasteiger partial charge in [0, 0.05) is 25.6 Å². The highest BCUT2D eigenvalue weighted by molar-refractivity contribution is 5.90. The SMILES string of the molecule is CC1CCC(N2CCC(=O)N3CCCCC3C2=O)CC1. The van der Waals surface area contributed by atoms with Crippen molar-refractivity contribution in [2.24, 2.45) is 5.92 Å². The number of hydrogen-bond donors (Lipinski definition) is 0. The first-order chi connectivity index (χ1) is 9.66. The number of carbonyl (C=O) groups excluding carboxylic acids is 2. The maximum absolute atomic E-state index is 12.8. The van der Waals surface area contributed by atoms with Gasteiger partial charge in [0.25, 0.3) is 0 Å². The maximum atomic E-state index is 12.8. The highest BCUT2D eigenvalue weighted by Gasteiger charge is 2.40. The van der Waals surface area contributed by atoms with Crippen molar-refractivity contribution in [3.05, 3.63) is 0 Å². The van der Waals surface area contributed by atoms with Crippen molar-refractivity contribution in [1.82, 2.24) is 9.80 Å². The number of hydrogen-bond acceptors (Lipinski definition) is 2. The second-order valence-corrected chi connectivity index (χ2v) is 6.79. The molecular weight excluding hydrogens is 252 g/mol. The van der Waals surface area contributed by atoms with Gasteiger partial charge < -0.3 is 9.80 Å². The fourth-order valence-electron chi connectivity index (χ4n) is 4.06. The molecule has 2 saturated heterocycles. The van der Waals surface area contributed by atoms with Crippen molar-refractivity contribution in [2.45, 2.75) is 70.4 Å². The maximum Gasteiger partial charge on any atom is 0.245 e. The molecule has 0 aromatic carbocycles. The molecule has 112 valence electrons. The molecule has 0 aromatic rings. The van der Waals surface area contributed by atoms with Gasteiger partial charge in [0.2, 0.25) is 11.8 Å². The van der Waals surface area contributed by atoms with Gasteiger partial charge in [0.15, 0.2) is 0 Å². The third kappa shape index (κ3) is 2.57. The number of amides is 2. The molecule has 2 heterocycles. The lowest BCUT2D eigenvalue weighted by atomic mass is 9.86. The van der Waals surface area contributed by atoms with Crippen molar-refractivity contribution in [3.63, 3.8) is 0 Å². The first-order valence-electron chi connectivity index (χ1n) is 8.27. The largest absolute Gasteiger partial charge is 0.337 e. The molecule has 3 rings (SSSR count). The van der Waals surface area contributed by atoms with Crippen LogP contribution in [-0.4, -0.2) is 46.8 Å². The Kier molecular flexibility index (Phi) is 3.99. The minimum atomic E-state index is -0.155. The van der Waals surface area contributed by atoms with Crippen molar-refractivity contribution in [1.29, 1.82) is 0 Å². The molecule has 0 bridgehead atoms. The Balaban J connectivity index is 1.75. The fraction of sp³-hybridized carbons (Fsp3) is 0.875. The normalized spacial score (nSPS) is 35.8. The zero-order chi connectivity index (χ0) is 14.1. The van der Waals surface area contributed by atoms with Crippen molar-refractivity contribution in [2.75, 3.05) is 13.1 Å². The number of piperidine rings is 1. The van der Waals surface area contributed by atoms with Crippen LogP contribution in [0.25, 0.3) is 0 Å². The van der Waals surface area contributed by atoms with E-state index >= 15 is 0 Å². The summed E-state index contributed by atoms with van der Waals surface area (Å²) in [6.45, 7) is 3.72. The molecular formula is C16H26N2O2. The minimum Gasteiger partial charge on any atom is -0.337 e. The van der Waals surface area contributed by atoms with E-state index < -0.39 is 0 Å². The summed E-state index contributed by atoms with van der Waals surface area (Å²) in [7, 11) is 0. The number of nitrogens with zero attached hydrogens (tertiary/aromatic N) is 2. The van der Waals surface area contributed by atoms with E-state index in [1.54, 1.807) is 0 Å². The quantitative estimate of drug-likeness (QED) is 0.737. The molecule has 4 nitrogen and oxygen atoms in total. The second kappa shape index (κ2) is 5.74. The first kappa shape index (κ1) is 13.9. The average molecular weight is 278 g/mol. The zero-order valence-corrected chi connectivity index (χ0v) is 12.5. The molecule has 0 spiro atoms. The van der Waals surface area contributed by atoms with Crippen LogP contribution in [0, 0.1) is 5.92 Å². The van der Waals surface area contributed by atoms with Crippen LogP contribution in [0.1, 0.15) is 58.3 Å². The van der Waals surface area contributed by atoms with Gasteiger partial charge in [0.1, 0.15) is 6.04 Å². The lowest BCUT2D eigenvalue weighted by Gasteiger charge is -2.39. The molecule has 1 atom stereocenters.